The first kappa shape index (κ1) is 17.9. The van der Waals surface area contributed by atoms with E-state index in [4.69, 9.17) is 16.3 Å². The minimum absolute atomic E-state index is 0.0183. The highest BCUT2D eigenvalue weighted by atomic mass is 35.5. The van der Waals surface area contributed by atoms with Crippen LogP contribution in [0.2, 0.25) is 5.15 Å². The highest BCUT2D eigenvalue weighted by Gasteiger charge is 2.16. The number of halogens is 1. The van der Waals surface area contributed by atoms with E-state index < -0.39 is 0 Å². The lowest BCUT2D eigenvalue weighted by Crippen LogP contribution is -2.33. The molecule has 1 fully saturated rings. The molecule has 138 valence electrons. The molecule has 0 saturated carbocycles. The smallest absolute Gasteiger partial charge is 0.170 e. The quantitative estimate of drug-likeness (QED) is 0.542. The summed E-state index contributed by atoms with van der Waals surface area (Å²) in [5, 5.41) is 7.95. The molecule has 7 heteroatoms. The van der Waals surface area contributed by atoms with Gasteiger partial charge in [0, 0.05) is 38.0 Å². The fourth-order valence-corrected chi connectivity index (χ4v) is 3.23. The molecule has 4 rings (SSSR count). The third-order valence-electron chi connectivity index (χ3n) is 4.52. The summed E-state index contributed by atoms with van der Waals surface area (Å²) in [5.41, 5.74) is 3.42. The molecule has 0 spiro atoms. The number of Topliss-reactive ketones (excluding diaryl/α,β-unsaturated/α-hetero) is 1. The second kappa shape index (κ2) is 8.00. The first-order chi connectivity index (χ1) is 13.2. The summed E-state index contributed by atoms with van der Waals surface area (Å²) in [6.07, 6.45) is 5.30. The van der Waals surface area contributed by atoms with Crippen LogP contribution in [-0.2, 0) is 11.2 Å². The van der Waals surface area contributed by atoms with Crippen molar-refractivity contribution < 1.29 is 9.53 Å². The van der Waals surface area contributed by atoms with Crippen molar-refractivity contribution >= 4 is 17.4 Å². The van der Waals surface area contributed by atoms with Crippen LogP contribution in [0.25, 0.3) is 5.69 Å². The molecule has 0 aliphatic carbocycles. The molecule has 1 atom stereocenters. The number of carbonyl (C=O) groups is 1. The van der Waals surface area contributed by atoms with Gasteiger partial charge in [-0.1, -0.05) is 35.9 Å². The van der Waals surface area contributed by atoms with E-state index in [1.807, 2.05) is 24.3 Å². The zero-order chi connectivity index (χ0) is 18.6. The lowest BCUT2D eigenvalue weighted by atomic mass is 10.0. The lowest BCUT2D eigenvalue weighted by molar-refractivity contribution is 0.0277. The van der Waals surface area contributed by atoms with Gasteiger partial charge in [0.1, 0.15) is 5.15 Å². The van der Waals surface area contributed by atoms with Crippen LogP contribution in [0.15, 0.2) is 55.0 Å². The van der Waals surface area contributed by atoms with Gasteiger partial charge in [-0.3, -0.25) is 4.79 Å². The van der Waals surface area contributed by atoms with Gasteiger partial charge in [-0.25, -0.2) is 9.67 Å². The number of benzene rings is 1. The number of hydrogen-bond donors (Lipinski definition) is 1. The van der Waals surface area contributed by atoms with E-state index >= 15 is 0 Å². The van der Waals surface area contributed by atoms with Crippen LogP contribution in [0.1, 0.15) is 27.6 Å². The summed E-state index contributed by atoms with van der Waals surface area (Å²) in [6.45, 7) is 2.43. The Morgan fingerprint density at radius 1 is 1.30 bits per heavy atom. The number of ketones is 1. The summed E-state index contributed by atoms with van der Waals surface area (Å²) in [5.74, 6) is 0.0183. The van der Waals surface area contributed by atoms with E-state index in [9.17, 15) is 4.79 Å². The van der Waals surface area contributed by atoms with E-state index in [1.165, 1.54) is 0 Å². The van der Waals surface area contributed by atoms with Gasteiger partial charge in [0.05, 0.1) is 30.2 Å². The maximum atomic E-state index is 12.6. The van der Waals surface area contributed by atoms with Crippen LogP contribution in [0, 0.1) is 0 Å². The Bertz CT molecular complexity index is 933. The third-order valence-corrected chi connectivity index (χ3v) is 4.73. The zero-order valence-corrected chi connectivity index (χ0v) is 15.4. The first-order valence-corrected chi connectivity index (χ1v) is 9.18. The van der Waals surface area contributed by atoms with Crippen molar-refractivity contribution in [3.8, 4) is 5.69 Å². The van der Waals surface area contributed by atoms with Crippen molar-refractivity contribution in [2.45, 2.75) is 12.5 Å². The summed E-state index contributed by atoms with van der Waals surface area (Å²) < 4.78 is 7.38. The Balaban J connectivity index is 1.43. The molecule has 1 aliphatic rings. The molecular weight excluding hydrogens is 364 g/mol. The Morgan fingerprint density at radius 3 is 2.89 bits per heavy atom. The van der Waals surface area contributed by atoms with Crippen LogP contribution in [0.5, 0.6) is 0 Å². The van der Waals surface area contributed by atoms with Crippen molar-refractivity contribution in [2.24, 2.45) is 0 Å². The van der Waals surface area contributed by atoms with Gasteiger partial charge in [0.2, 0.25) is 0 Å². The molecule has 1 saturated heterocycles. The fourth-order valence-electron chi connectivity index (χ4n) is 3.06. The second-order valence-electron chi connectivity index (χ2n) is 6.42. The lowest BCUT2D eigenvalue weighted by Gasteiger charge is -2.24. The average molecular weight is 383 g/mol. The molecule has 0 unspecified atom stereocenters. The monoisotopic (exact) mass is 382 g/mol. The minimum Gasteiger partial charge on any atom is -0.371 e. The number of hydrogen-bond acceptors (Lipinski definition) is 5. The molecule has 0 amide bonds. The topological polar surface area (TPSA) is 69.0 Å². The van der Waals surface area contributed by atoms with Gasteiger partial charge in [-0.2, -0.15) is 5.10 Å². The van der Waals surface area contributed by atoms with Gasteiger partial charge in [0.25, 0.3) is 0 Å². The molecule has 6 nitrogen and oxygen atoms in total. The maximum Gasteiger partial charge on any atom is 0.170 e. The first-order valence-electron chi connectivity index (χ1n) is 8.80. The fraction of sp³-hybridized carbons (Fsp3) is 0.250. The van der Waals surface area contributed by atoms with Crippen LogP contribution in [0.3, 0.4) is 0 Å². The van der Waals surface area contributed by atoms with Crippen molar-refractivity contribution in [1.82, 2.24) is 20.1 Å². The van der Waals surface area contributed by atoms with Crippen LogP contribution >= 0.6 is 11.6 Å². The molecule has 27 heavy (non-hydrogen) atoms. The van der Waals surface area contributed by atoms with Gasteiger partial charge in [-0.05, 0) is 17.2 Å². The predicted molar refractivity (Wildman–Crippen MR) is 102 cm³/mol. The SMILES string of the molecule is O=C(Cc1ccc([C@H]2CNCCO2)cc1)c1cnn(-c2ccnc(Cl)c2)c1. The zero-order valence-electron chi connectivity index (χ0n) is 14.6. The standard InChI is InChI=1S/C20H19ClN4O2/c21-20-10-17(5-6-23-20)25-13-16(11-24-25)18(26)9-14-1-3-15(4-2-14)19-12-22-7-8-27-19/h1-6,10-11,13,19,22H,7-9,12H2/t19-/m1/s1. The highest BCUT2D eigenvalue weighted by Crippen LogP contribution is 2.20. The minimum atomic E-state index is 0.0183. The molecule has 2 aromatic heterocycles. The molecule has 0 radical (unpaired) electrons. The van der Waals surface area contributed by atoms with Gasteiger partial charge in [0.15, 0.2) is 5.78 Å². The maximum absolute atomic E-state index is 12.6. The molecule has 1 aliphatic heterocycles. The van der Waals surface area contributed by atoms with E-state index in [0.717, 1.165) is 36.5 Å². The Morgan fingerprint density at radius 2 is 2.15 bits per heavy atom. The molecule has 0 bridgehead atoms. The highest BCUT2D eigenvalue weighted by molar-refractivity contribution is 6.29. The number of rotatable bonds is 5. The number of aromatic nitrogens is 3. The number of nitrogens with zero attached hydrogens (tertiary/aromatic N) is 3. The van der Waals surface area contributed by atoms with E-state index in [1.54, 1.807) is 35.4 Å². The summed E-state index contributed by atoms with van der Waals surface area (Å²) in [4.78, 5) is 16.5. The average Bonchev–Trinajstić information content (AvgIpc) is 3.20. The van der Waals surface area contributed by atoms with Crippen molar-refractivity contribution in [1.29, 1.82) is 0 Å². The van der Waals surface area contributed by atoms with Crippen molar-refractivity contribution in [2.75, 3.05) is 19.7 Å². The Kier molecular flexibility index (Phi) is 5.29. The Hall–Kier alpha value is -2.54. The predicted octanol–water partition coefficient (Wildman–Crippen LogP) is 3.01. The molecule has 1 N–H and O–H groups in total. The number of ether oxygens (including phenoxy) is 1. The van der Waals surface area contributed by atoms with Crippen LogP contribution in [-0.4, -0.2) is 40.2 Å². The summed E-state index contributed by atoms with van der Waals surface area (Å²) in [7, 11) is 0. The molecule has 3 aromatic rings. The molecule has 1 aromatic carbocycles. The number of nitrogens with one attached hydrogen (secondary N) is 1. The largest absolute Gasteiger partial charge is 0.371 e. The number of pyridine rings is 1. The summed E-state index contributed by atoms with van der Waals surface area (Å²) >= 11 is 5.91. The summed E-state index contributed by atoms with van der Waals surface area (Å²) in [6, 6.07) is 11.5. The number of morpholine rings is 1. The van der Waals surface area contributed by atoms with E-state index in [-0.39, 0.29) is 11.9 Å². The van der Waals surface area contributed by atoms with Crippen molar-refractivity contribution in [3.05, 3.63) is 76.8 Å². The Labute approximate surface area is 162 Å². The molecule has 3 heterocycles. The van der Waals surface area contributed by atoms with Crippen LogP contribution < -0.4 is 5.32 Å². The van der Waals surface area contributed by atoms with Gasteiger partial charge >= 0.3 is 0 Å². The molecular formula is C20H19ClN4O2. The van der Waals surface area contributed by atoms with Gasteiger partial charge in [-0.15, -0.1) is 0 Å². The third kappa shape index (κ3) is 4.24. The van der Waals surface area contributed by atoms with E-state index in [0.29, 0.717) is 17.1 Å². The van der Waals surface area contributed by atoms with Crippen LogP contribution in [0.4, 0.5) is 0 Å². The van der Waals surface area contributed by atoms with Gasteiger partial charge < -0.3 is 10.1 Å². The van der Waals surface area contributed by atoms with Crippen molar-refractivity contribution in [3.63, 3.8) is 0 Å². The second-order valence-corrected chi connectivity index (χ2v) is 6.80. The number of carbonyl (C=O) groups excluding carboxylic acids is 1. The normalized spacial score (nSPS) is 17.0. The van der Waals surface area contributed by atoms with E-state index in [2.05, 4.69) is 15.4 Å².